The first kappa shape index (κ1) is 15.5. The minimum Gasteiger partial charge on any atom is -0.360 e. The predicted octanol–water partition coefficient (Wildman–Crippen LogP) is 1.35. The molecule has 2 aliphatic rings. The van der Waals surface area contributed by atoms with E-state index >= 15 is 0 Å². The highest BCUT2D eigenvalue weighted by molar-refractivity contribution is 7.89. The van der Waals surface area contributed by atoms with E-state index in [-0.39, 0.29) is 17.2 Å². The van der Waals surface area contributed by atoms with Crippen LogP contribution in [0, 0.1) is 0 Å². The van der Waals surface area contributed by atoms with Gasteiger partial charge >= 0.3 is 0 Å². The number of likely N-dealkylation sites (N-methyl/N-ethyl adjacent to an activating group) is 1. The van der Waals surface area contributed by atoms with Crippen molar-refractivity contribution in [2.75, 3.05) is 18.6 Å². The maximum Gasteiger partial charge on any atom is 0.245 e. The van der Waals surface area contributed by atoms with Crippen LogP contribution in [-0.4, -0.2) is 44.1 Å². The number of nitrogens with zero attached hydrogens (tertiary/aromatic N) is 2. The zero-order valence-electron chi connectivity index (χ0n) is 13.2. The Morgan fingerprint density at radius 2 is 2.00 bits per heavy atom. The van der Waals surface area contributed by atoms with Crippen molar-refractivity contribution in [1.29, 1.82) is 0 Å². The summed E-state index contributed by atoms with van der Waals surface area (Å²) in [6.45, 7) is 5.79. The molecule has 1 saturated heterocycles. The molecular formula is C15H20N2O4S. The lowest BCUT2D eigenvalue weighted by molar-refractivity contribution is -0.117. The maximum atomic E-state index is 13.0. The molecule has 0 N–H and O–H groups in total. The summed E-state index contributed by atoms with van der Waals surface area (Å²) in [5.74, 6) is -0.0252. The van der Waals surface area contributed by atoms with Crippen LogP contribution >= 0.6 is 0 Å². The number of benzene rings is 1. The van der Waals surface area contributed by atoms with Gasteiger partial charge in [-0.25, -0.2) is 8.42 Å². The highest BCUT2D eigenvalue weighted by Gasteiger charge is 2.46. The fraction of sp³-hybridized carbons (Fsp3) is 0.533. The van der Waals surface area contributed by atoms with Crippen LogP contribution in [0.5, 0.6) is 0 Å². The Bertz CT molecular complexity index is 742. The number of hydrogen-bond donors (Lipinski definition) is 0. The van der Waals surface area contributed by atoms with Gasteiger partial charge in [0, 0.05) is 12.7 Å². The number of carbonyl (C=O) groups excluding carboxylic acids is 1. The molecule has 22 heavy (non-hydrogen) atoms. The van der Waals surface area contributed by atoms with Crippen LogP contribution in [-0.2, 0) is 26.0 Å². The molecule has 2 aliphatic heterocycles. The summed E-state index contributed by atoms with van der Waals surface area (Å²) in [6.07, 6.45) is -0.262. The van der Waals surface area contributed by atoms with Gasteiger partial charge in [0.2, 0.25) is 15.9 Å². The van der Waals surface area contributed by atoms with E-state index in [1.54, 1.807) is 37.1 Å². The lowest BCUT2D eigenvalue weighted by Crippen LogP contribution is -2.47. The number of ether oxygens (including phenoxy) is 1. The molecule has 1 unspecified atom stereocenters. The average molecular weight is 324 g/mol. The van der Waals surface area contributed by atoms with Gasteiger partial charge in [-0.15, -0.1) is 0 Å². The number of amides is 1. The molecule has 7 heteroatoms. The van der Waals surface area contributed by atoms with E-state index < -0.39 is 21.8 Å². The molecule has 0 aliphatic carbocycles. The van der Waals surface area contributed by atoms with E-state index in [1.807, 2.05) is 13.8 Å². The van der Waals surface area contributed by atoms with Gasteiger partial charge in [0.1, 0.15) is 6.23 Å². The Balaban J connectivity index is 2.05. The zero-order valence-corrected chi connectivity index (χ0v) is 14.0. The predicted molar refractivity (Wildman–Crippen MR) is 82.1 cm³/mol. The molecule has 0 aromatic heterocycles. The van der Waals surface area contributed by atoms with Crippen LogP contribution in [0.1, 0.15) is 26.3 Å². The van der Waals surface area contributed by atoms with Crippen LogP contribution in [0.4, 0.5) is 5.69 Å². The molecule has 1 fully saturated rings. The lowest BCUT2D eigenvalue weighted by Gasteiger charge is -2.31. The minimum absolute atomic E-state index is 0.0252. The van der Waals surface area contributed by atoms with Crippen molar-refractivity contribution in [1.82, 2.24) is 4.31 Å². The Hall–Kier alpha value is -1.44. The summed E-state index contributed by atoms with van der Waals surface area (Å²) in [5, 5.41) is 0. The summed E-state index contributed by atoms with van der Waals surface area (Å²) in [7, 11) is -1.98. The molecule has 1 amide bonds. The standard InChI is InChI=1S/C15H20N2O4S/c1-10-17(15(2,3)9-21-10)22(19,20)12-5-6-13-11(7-12)8-14(18)16(13)4/h5-7,10H,8-9H2,1-4H3. The fourth-order valence-corrected chi connectivity index (χ4v) is 5.10. The van der Waals surface area contributed by atoms with Gasteiger partial charge in [0.15, 0.2) is 0 Å². The maximum absolute atomic E-state index is 13.0. The first-order valence-corrected chi connectivity index (χ1v) is 8.64. The number of rotatable bonds is 2. The van der Waals surface area contributed by atoms with Crippen molar-refractivity contribution in [3.63, 3.8) is 0 Å². The third-order valence-corrected chi connectivity index (χ3v) is 6.45. The summed E-state index contributed by atoms with van der Waals surface area (Å²) >= 11 is 0. The second-order valence-corrected chi connectivity index (χ2v) is 8.26. The molecular weight excluding hydrogens is 304 g/mol. The average Bonchev–Trinajstić information content (AvgIpc) is 2.86. The van der Waals surface area contributed by atoms with E-state index in [9.17, 15) is 13.2 Å². The van der Waals surface area contributed by atoms with Gasteiger partial charge in [-0.3, -0.25) is 4.79 Å². The van der Waals surface area contributed by atoms with E-state index in [4.69, 9.17) is 4.74 Å². The van der Waals surface area contributed by atoms with Crippen molar-refractivity contribution in [2.45, 2.75) is 43.9 Å². The lowest BCUT2D eigenvalue weighted by atomic mass is 10.1. The number of sulfonamides is 1. The summed E-state index contributed by atoms with van der Waals surface area (Å²) < 4.78 is 32.8. The Morgan fingerprint density at radius 1 is 1.32 bits per heavy atom. The Morgan fingerprint density at radius 3 is 2.59 bits per heavy atom. The van der Waals surface area contributed by atoms with Gasteiger partial charge in [-0.1, -0.05) is 0 Å². The van der Waals surface area contributed by atoms with Gasteiger partial charge in [-0.2, -0.15) is 4.31 Å². The van der Waals surface area contributed by atoms with Gasteiger partial charge in [0.25, 0.3) is 0 Å². The molecule has 120 valence electrons. The summed E-state index contributed by atoms with van der Waals surface area (Å²) in [5.41, 5.74) is 0.928. The van der Waals surface area contributed by atoms with Crippen molar-refractivity contribution in [2.24, 2.45) is 0 Å². The van der Waals surface area contributed by atoms with E-state index in [2.05, 4.69) is 0 Å². The monoisotopic (exact) mass is 324 g/mol. The molecule has 0 bridgehead atoms. The second-order valence-electron chi connectivity index (χ2n) is 6.44. The van der Waals surface area contributed by atoms with E-state index in [0.717, 1.165) is 11.3 Å². The quantitative estimate of drug-likeness (QED) is 0.823. The normalized spacial score (nSPS) is 24.8. The molecule has 2 heterocycles. The van der Waals surface area contributed by atoms with Crippen molar-refractivity contribution >= 4 is 21.6 Å². The molecule has 0 spiro atoms. The first-order chi connectivity index (χ1) is 10.1. The fourth-order valence-electron chi connectivity index (χ4n) is 3.19. The van der Waals surface area contributed by atoms with E-state index in [0.29, 0.717) is 6.61 Å². The highest BCUT2D eigenvalue weighted by atomic mass is 32.2. The molecule has 0 saturated carbocycles. The summed E-state index contributed by atoms with van der Waals surface area (Å²) in [4.78, 5) is 13.5. The molecule has 1 atom stereocenters. The van der Waals surface area contributed by atoms with Crippen LogP contribution in [0.2, 0.25) is 0 Å². The van der Waals surface area contributed by atoms with E-state index in [1.165, 1.54) is 4.31 Å². The third-order valence-electron chi connectivity index (χ3n) is 4.29. The Labute approximate surface area is 130 Å². The Kier molecular flexibility index (Phi) is 3.36. The first-order valence-electron chi connectivity index (χ1n) is 7.20. The van der Waals surface area contributed by atoms with Crippen molar-refractivity contribution < 1.29 is 17.9 Å². The van der Waals surface area contributed by atoms with Gasteiger partial charge in [0.05, 0.1) is 23.5 Å². The van der Waals surface area contributed by atoms with Crippen LogP contribution < -0.4 is 4.90 Å². The SMILES string of the molecule is CC1OCC(C)(C)N1S(=O)(=O)c1ccc2c(c1)CC(=O)N2C. The van der Waals surface area contributed by atoms with Crippen LogP contribution in [0.15, 0.2) is 23.1 Å². The molecule has 0 radical (unpaired) electrons. The topological polar surface area (TPSA) is 66.9 Å². The number of fused-ring (bicyclic) bond motifs is 1. The second kappa shape index (κ2) is 4.78. The zero-order chi connectivity index (χ0) is 16.3. The van der Waals surface area contributed by atoms with Gasteiger partial charge in [-0.05, 0) is 44.5 Å². The molecule has 3 rings (SSSR count). The van der Waals surface area contributed by atoms with Crippen LogP contribution in [0.3, 0.4) is 0 Å². The summed E-state index contributed by atoms with van der Waals surface area (Å²) in [6, 6.07) is 4.86. The molecule has 1 aromatic carbocycles. The number of carbonyl (C=O) groups is 1. The number of anilines is 1. The minimum atomic E-state index is -3.67. The highest BCUT2D eigenvalue weighted by Crippen LogP contribution is 2.36. The molecule has 1 aromatic rings. The van der Waals surface area contributed by atoms with Crippen molar-refractivity contribution in [3.05, 3.63) is 23.8 Å². The largest absolute Gasteiger partial charge is 0.360 e. The van der Waals surface area contributed by atoms with Gasteiger partial charge < -0.3 is 9.64 Å². The van der Waals surface area contributed by atoms with Crippen molar-refractivity contribution in [3.8, 4) is 0 Å². The smallest absolute Gasteiger partial charge is 0.245 e. The van der Waals surface area contributed by atoms with Crippen LogP contribution in [0.25, 0.3) is 0 Å². The molecule has 6 nitrogen and oxygen atoms in total. The number of hydrogen-bond acceptors (Lipinski definition) is 4. The third kappa shape index (κ3) is 2.15.